The van der Waals surface area contributed by atoms with Gasteiger partial charge in [-0.25, -0.2) is 0 Å². The summed E-state index contributed by atoms with van der Waals surface area (Å²) in [5, 5.41) is 6.55. The standard InChI is InChI=1S/C17H19N3O/c1-12(18)17(15-10-19-20(2)11-15)21-16-8-7-13-5-3-4-6-14(13)9-16/h3-12,17H,18H2,1-2H3. The number of benzene rings is 2. The highest BCUT2D eigenvalue weighted by atomic mass is 16.5. The van der Waals surface area contributed by atoms with E-state index >= 15 is 0 Å². The highest BCUT2D eigenvalue weighted by Crippen LogP contribution is 2.27. The Kier molecular flexibility index (Phi) is 3.62. The van der Waals surface area contributed by atoms with Crippen molar-refractivity contribution < 1.29 is 4.74 Å². The highest BCUT2D eigenvalue weighted by Gasteiger charge is 2.20. The van der Waals surface area contributed by atoms with Crippen LogP contribution in [0, 0.1) is 0 Å². The minimum Gasteiger partial charge on any atom is -0.484 e. The summed E-state index contributed by atoms with van der Waals surface area (Å²) in [7, 11) is 1.89. The molecule has 1 heterocycles. The number of nitrogens with zero attached hydrogens (tertiary/aromatic N) is 2. The molecule has 0 saturated heterocycles. The van der Waals surface area contributed by atoms with E-state index in [2.05, 4.69) is 23.3 Å². The van der Waals surface area contributed by atoms with Crippen molar-refractivity contribution in [2.45, 2.75) is 19.1 Å². The Hall–Kier alpha value is -2.33. The third-order valence-corrected chi connectivity index (χ3v) is 3.51. The van der Waals surface area contributed by atoms with Gasteiger partial charge < -0.3 is 10.5 Å². The van der Waals surface area contributed by atoms with Gasteiger partial charge in [-0.05, 0) is 29.8 Å². The molecule has 3 rings (SSSR count). The van der Waals surface area contributed by atoms with Crippen LogP contribution in [0.4, 0.5) is 0 Å². The SMILES string of the molecule is CC(N)C(Oc1ccc2ccccc2c1)c1cnn(C)c1. The molecule has 0 saturated carbocycles. The summed E-state index contributed by atoms with van der Waals surface area (Å²) in [4.78, 5) is 0. The van der Waals surface area contributed by atoms with E-state index in [9.17, 15) is 0 Å². The summed E-state index contributed by atoms with van der Waals surface area (Å²) >= 11 is 0. The van der Waals surface area contributed by atoms with E-state index in [0.717, 1.165) is 16.7 Å². The van der Waals surface area contributed by atoms with Gasteiger partial charge in [-0.1, -0.05) is 30.3 Å². The van der Waals surface area contributed by atoms with Crippen LogP contribution < -0.4 is 10.5 Å². The zero-order valence-electron chi connectivity index (χ0n) is 12.2. The second-order valence-corrected chi connectivity index (χ2v) is 5.35. The van der Waals surface area contributed by atoms with Crippen LogP contribution in [0.5, 0.6) is 5.75 Å². The van der Waals surface area contributed by atoms with Crippen LogP contribution >= 0.6 is 0 Å². The maximum Gasteiger partial charge on any atom is 0.141 e. The molecule has 2 atom stereocenters. The molecule has 1 aromatic heterocycles. The van der Waals surface area contributed by atoms with Crippen LogP contribution in [0.3, 0.4) is 0 Å². The topological polar surface area (TPSA) is 53.1 Å². The molecule has 0 aliphatic rings. The van der Waals surface area contributed by atoms with E-state index < -0.39 is 0 Å². The largest absolute Gasteiger partial charge is 0.484 e. The third-order valence-electron chi connectivity index (χ3n) is 3.51. The van der Waals surface area contributed by atoms with Crippen molar-refractivity contribution in [2.24, 2.45) is 12.8 Å². The monoisotopic (exact) mass is 281 g/mol. The number of hydrogen-bond donors (Lipinski definition) is 1. The number of nitrogens with two attached hydrogens (primary N) is 1. The lowest BCUT2D eigenvalue weighted by molar-refractivity contribution is 0.180. The minimum atomic E-state index is -0.208. The van der Waals surface area contributed by atoms with Crippen LogP contribution in [0.2, 0.25) is 0 Å². The van der Waals surface area contributed by atoms with Crippen molar-refractivity contribution >= 4 is 10.8 Å². The number of hydrogen-bond acceptors (Lipinski definition) is 3. The molecule has 2 aromatic carbocycles. The van der Waals surface area contributed by atoms with Crippen molar-refractivity contribution in [3.8, 4) is 5.75 Å². The first kappa shape index (κ1) is 13.6. The predicted octanol–water partition coefficient (Wildman–Crippen LogP) is 3.04. The molecule has 0 radical (unpaired) electrons. The van der Waals surface area contributed by atoms with E-state index in [-0.39, 0.29) is 12.1 Å². The van der Waals surface area contributed by atoms with Gasteiger partial charge in [0.25, 0.3) is 0 Å². The fourth-order valence-electron chi connectivity index (χ4n) is 2.45. The Morgan fingerprint density at radius 2 is 1.90 bits per heavy atom. The zero-order valence-corrected chi connectivity index (χ0v) is 12.2. The molecular formula is C17H19N3O. The number of ether oxygens (including phenoxy) is 1. The summed E-state index contributed by atoms with van der Waals surface area (Å²) in [5.41, 5.74) is 7.06. The molecule has 21 heavy (non-hydrogen) atoms. The second kappa shape index (κ2) is 5.58. The summed E-state index contributed by atoms with van der Waals surface area (Å²) in [5.74, 6) is 0.819. The van der Waals surface area contributed by atoms with Gasteiger partial charge in [-0.2, -0.15) is 5.10 Å². The molecule has 4 heteroatoms. The molecule has 2 N–H and O–H groups in total. The van der Waals surface area contributed by atoms with E-state index in [1.165, 1.54) is 5.39 Å². The van der Waals surface area contributed by atoms with E-state index in [4.69, 9.17) is 10.5 Å². The summed E-state index contributed by atoms with van der Waals surface area (Å²) in [6.45, 7) is 1.94. The Bertz CT molecular complexity index is 748. The van der Waals surface area contributed by atoms with Crippen LogP contribution in [0.25, 0.3) is 10.8 Å². The van der Waals surface area contributed by atoms with Crippen LogP contribution in [-0.2, 0) is 7.05 Å². The van der Waals surface area contributed by atoms with Crippen molar-refractivity contribution in [1.82, 2.24) is 9.78 Å². The first-order chi connectivity index (χ1) is 10.1. The van der Waals surface area contributed by atoms with Crippen LogP contribution in [-0.4, -0.2) is 15.8 Å². The fourth-order valence-corrected chi connectivity index (χ4v) is 2.45. The van der Waals surface area contributed by atoms with Gasteiger partial charge in [0.05, 0.1) is 6.20 Å². The molecule has 0 fully saturated rings. The van der Waals surface area contributed by atoms with Gasteiger partial charge in [0.1, 0.15) is 11.9 Å². The lowest BCUT2D eigenvalue weighted by atomic mass is 10.1. The molecule has 0 spiro atoms. The highest BCUT2D eigenvalue weighted by molar-refractivity contribution is 5.83. The predicted molar refractivity (Wildman–Crippen MR) is 84.2 cm³/mol. The smallest absolute Gasteiger partial charge is 0.141 e. The van der Waals surface area contributed by atoms with Crippen LogP contribution in [0.1, 0.15) is 18.6 Å². The average molecular weight is 281 g/mol. The second-order valence-electron chi connectivity index (χ2n) is 5.35. The van der Waals surface area contributed by atoms with Crippen molar-refractivity contribution in [3.05, 3.63) is 60.4 Å². The first-order valence-electron chi connectivity index (χ1n) is 7.03. The number of fused-ring (bicyclic) bond motifs is 1. The first-order valence-corrected chi connectivity index (χ1v) is 7.03. The zero-order chi connectivity index (χ0) is 14.8. The Morgan fingerprint density at radius 1 is 1.14 bits per heavy atom. The molecule has 0 aliphatic heterocycles. The number of rotatable bonds is 4. The van der Waals surface area contributed by atoms with Gasteiger partial charge in [0, 0.05) is 24.8 Å². The van der Waals surface area contributed by atoms with Gasteiger partial charge in [-0.15, -0.1) is 0 Å². The minimum absolute atomic E-state index is 0.124. The maximum atomic E-state index is 6.11. The molecule has 108 valence electrons. The van der Waals surface area contributed by atoms with Gasteiger partial charge in [-0.3, -0.25) is 4.68 Å². The average Bonchev–Trinajstić information content (AvgIpc) is 2.90. The van der Waals surface area contributed by atoms with E-state index in [1.54, 1.807) is 10.9 Å². The van der Waals surface area contributed by atoms with Crippen molar-refractivity contribution in [1.29, 1.82) is 0 Å². The van der Waals surface area contributed by atoms with Gasteiger partial charge in [0.15, 0.2) is 0 Å². The molecule has 4 nitrogen and oxygen atoms in total. The van der Waals surface area contributed by atoms with Gasteiger partial charge >= 0.3 is 0 Å². The Balaban J connectivity index is 1.90. The summed E-state index contributed by atoms with van der Waals surface area (Å²) < 4.78 is 7.86. The van der Waals surface area contributed by atoms with Crippen molar-refractivity contribution in [3.63, 3.8) is 0 Å². The normalized spacial score (nSPS) is 14.0. The van der Waals surface area contributed by atoms with E-state index in [1.807, 2.05) is 44.4 Å². The number of aromatic nitrogens is 2. The quantitative estimate of drug-likeness (QED) is 0.799. The molecule has 0 amide bonds. The fraction of sp³-hybridized carbons (Fsp3) is 0.235. The Labute approximate surface area is 124 Å². The lowest BCUT2D eigenvalue weighted by Crippen LogP contribution is -2.28. The molecule has 2 unspecified atom stereocenters. The lowest BCUT2D eigenvalue weighted by Gasteiger charge is -2.21. The molecular weight excluding hydrogens is 262 g/mol. The van der Waals surface area contributed by atoms with Gasteiger partial charge in [0.2, 0.25) is 0 Å². The molecule has 0 bridgehead atoms. The summed E-state index contributed by atoms with van der Waals surface area (Å²) in [6, 6.07) is 14.2. The maximum absolute atomic E-state index is 6.11. The van der Waals surface area contributed by atoms with Crippen LogP contribution in [0.15, 0.2) is 54.9 Å². The van der Waals surface area contributed by atoms with E-state index in [0.29, 0.717) is 0 Å². The Morgan fingerprint density at radius 3 is 2.57 bits per heavy atom. The molecule has 3 aromatic rings. The summed E-state index contributed by atoms with van der Waals surface area (Å²) in [6.07, 6.45) is 3.53. The molecule has 0 aliphatic carbocycles. The third kappa shape index (κ3) is 2.90. The number of aryl methyl sites for hydroxylation is 1. The van der Waals surface area contributed by atoms with Crippen molar-refractivity contribution in [2.75, 3.05) is 0 Å².